The maximum Gasteiger partial charge on any atom is 0.338 e. The number of ketones is 1. The summed E-state index contributed by atoms with van der Waals surface area (Å²) in [6.07, 6.45) is 8.27. The van der Waals surface area contributed by atoms with Crippen LogP contribution in [0.2, 0.25) is 0 Å². The van der Waals surface area contributed by atoms with E-state index in [2.05, 4.69) is 17.4 Å². The van der Waals surface area contributed by atoms with Gasteiger partial charge in [0.1, 0.15) is 46.4 Å². The van der Waals surface area contributed by atoms with E-state index >= 15 is 0 Å². The van der Waals surface area contributed by atoms with Crippen LogP contribution in [0, 0.1) is 30.1 Å². The number of carbonyl (C=O) groups excluding carboxylic acids is 4. The average Bonchev–Trinajstić information content (AvgIpc) is 3.71. The van der Waals surface area contributed by atoms with Gasteiger partial charge in [0.15, 0.2) is 0 Å². The molecular formula is C38H43N3O8S. The fraction of sp³-hybridized carbons (Fsp3) is 0.579. The van der Waals surface area contributed by atoms with Gasteiger partial charge in [0.2, 0.25) is 5.91 Å². The first-order chi connectivity index (χ1) is 23.8. The second-order valence-corrected chi connectivity index (χ2v) is 17.6. The van der Waals surface area contributed by atoms with E-state index < -0.39 is 40.0 Å². The van der Waals surface area contributed by atoms with Gasteiger partial charge in [-0.05, 0) is 95.6 Å². The third-order valence-corrected chi connectivity index (χ3v) is 14.4. The fourth-order valence-corrected chi connectivity index (χ4v) is 12.0. The van der Waals surface area contributed by atoms with Crippen LogP contribution in [-0.2, 0) is 19.1 Å². The number of esters is 1. The second kappa shape index (κ2) is 11.8. The van der Waals surface area contributed by atoms with E-state index in [1.54, 1.807) is 50.6 Å². The highest BCUT2D eigenvalue weighted by Crippen LogP contribution is 2.62. The van der Waals surface area contributed by atoms with Gasteiger partial charge in [0, 0.05) is 28.6 Å². The number of thioether (sulfide) groups is 1. The van der Waals surface area contributed by atoms with Crippen LogP contribution in [-0.4, -0.2) is 73.0 Å². The largest absolute Gasteiger partial charge is 0.480 e. The van der Waals surface area contributed by atoms with E-state index in [-0.39, 0.29) is 34.5 Å². The Hall–Kier alpha value is -3.93. The normalized spacial score (nSPS) is 33.9. The quantitative estimate of drug-likeness (QED) is 0.217. The number of amides is 2. The zero-order valence-electron chi connectivity index (χ0n) is 28.8. The summed E-state index contributed by atoms with van der Waals surface area (Å²) in [5, 5.41) is 16.1. The molecule has 1 aromatic heterocycles. The number of benzene rings is 1. The number of carboxylic acid groups (broad SMARTS) is 1. The molecule has 2 N–H and O–H groups in total. The lowest BCUT2D eigenvalue weighted by Gasteiger charge is -2.51. The molecule has 0 bridgehead atoms. The molecule has 50 heavy (non-hydrogen) atoms. The Morgan fingerprint density at radius 3 is 2.54 bits per heavy atom. The molecule has 1 aromatic carbocycles. The van der Waals surface area contributed by atoms with Crippen LogP contribution in [0.25, 0.3) is 11.3 Å². The number of aliphatic carboxylic acids is 1. The first-order valence-electron chi connectivity index (χ1n) is 17.8. The lowest BCUT2D eigenvalue weighted by Crippen LogP contribution is -2.70. The van der Waals surface area contributed by atoms with Crippen LogP contribution < -0.4 is 5.32 Å². The second-order valence-electron chi connectivity index (χ2n) is 15.9. The van der Waals surface area contributed by atoms with Crippen LogP contribution >= 0.6 is 11.8 Å². The van der Waals surface area contributed by atoms with Gasteiger partial charge < -0.3 is 24.6 Å². The molecule has 11 nitrogen and oxygen atoms in total. The topological polar surface area (TPSA) is 156 Å². The van der Waals surface area contributed by atoms with Gasteiger partial charge in [-0.2, -0.15) is 0 Å². The monoisotopic (exact) mass is 701 g/mol. The van der Waals surface area contributed by atoms with Crippen LogP contribution in [0.5, 0.6) is 0 Å². The number of ether oxygens (including phenoxy) is 1. The maximum absolute atomic E-state index is 13.5. The molecule has 4 aliphatic carbocycles. The molecule has 0 radical (unpaired) electrons. The number of aromatic nitrogens is 1. The molecule has 4 fully saturated rings. The summed E-state index contributed by atoms with van der Waals surface area (Å²) < 4.78 is 10.9. The summed E-state index contributed by atoms with van der Waals surface area (Å²) in [5.41, 5.74) is 4.34. The van der Waals surface area contributed by atoms with Crippen LogP contribution in [0.3, 0.4) is 0 Å². The number of carbonyl (C=O) groups is 5. The van der Waals surface area contributed by atoms with E-state index in [9.17, 15) is 29.1 Å². The highest BCUT2D eigenvalue weighted by Gasteiger charge is 2.64. The number of carboxylic acids is 1. The summed E-state index contributed by atoms with van der Waals surface area (Å²) in [7, 11) is 0. The highest BCUT2D eigenvalue weighted by atomic mass is 32.2. The molecular weight excluding hydrogens is 658 g/mol. The zero-order valence-corrected chi connectivity index (χ0v) is 29.6. The Morgan fingerprint density at radius 2 is 1.80 bits per heavy atom. The minimum absolute atomic E-state index is 0.0695. The van der Waals surface area contributed by atoms with Gasteiger partial charge in [-0.3, -0.25) is 14.4 Å². The van der Waals surface area contributed by atoms with Gasteiger partial charge >= 0.3 is 11.9 Å². The van der Waals surface area contributed by atoms with Crippen molar-refractivity contribution >= 4 is 41.3 Å². The molecule has 6 aliphatic rings. The van der Waals surface area contributed by atoms with Crippen molar-refractivity contribution in [3.05, 3.63) is 52.3 Å². The molecule has 2 saturated heterocycles. The molecule has 3 heterocycles. The van der Waals surface area contributed by atoms with Crippen molar-refractivity contribution in [3.63, 3.8) is 0 Å². The van der Waals surface area contributed by atoms with E-state index in [1.807, 2.05) is 0 Å². The number of nitrogens with zero attached hydrogens (tertiary/aromatic N) is 2. The lowest BCUT2D eigenvalue weighted by atomic mass is 9.54. The highest BCUT2D eigenvalue weighted by molar-refractivity contribution is 8.01. The van der Waals surface area contributed by atoms with E-state index in [0.717, 1.165) is 44.9 Å². The van der Waals surface area contributed by atoms with Crippen molar-refractivity contribution < 1.29 is 38.3 Å². The molecule has 2 amide bonds. The van der Waals surface area contributed by atoms with Gasteiger partial charge in [-0.25, -0.2) is 9.59 Å². The molecule has 12 heteroatoms. The van der Waals surface area contributed by atoms with Gasteiger partial charge in [0.05, 0.1) is 5.56 Å². The Labute approximate surface area is 294 Å². The molecule has 0 spiro atoms. The standard InChI is InChI=1S/C38H43N3O8S/c1-18-28(32(43)39-30-33(44)41-31(35(45)46)37(2,3)50-34(30)41)29(40-49-18)19-5-7-20(8-6-19)36(47)48-27-14-13-26-25-11-9-21-17-22(42)10-12-23(21)24(25)15-16-38(26,27)4/h5-8,24-27,30-31,34H,9-17H2,1-4H3,(H,39,43)(H,45,46). The minimum Gasteiger partial charge on any atom is -0.480 e. The molecule has 8 rings (SSSR count). The number of fused-ring (bicyclic) bond motifs is 5. The number of allylic oxidation sites excluding steroid dienone is 2. The molecule has 2 saturated carbocycles. The van der Waals surface area contributed by atoms with Crippen molar-refractivity contribution in [2.75, 3.05) is 0 Å². The van der Waals surface area contributed by atoms with Crippen molar-refractivity contribution in [1.29, 1.82) is 0 Å². The van der Waals surface area contributed by atoms with E-state index in [1.165, 1.54) is 22.2 Å². The molecule has 2 aliphatic heterocycles. The smallest absolute Gasteiger partial charge is 0.338 e. The summed E-state index contributed by atoms with van der Waals surface area (Å²) in [6.45, 7) is 7.48. The van der Waals surface area contributed by atoms with Gasteiger partial charge in [-0.1, -0.05) is 35.4 Å². The number of nitrogens with one attached hydrogen (secondary N) is 1. The fourth-order valence-electron chi connectivity index (χ4n) is 10.4. The van der Waals surface area contributed by atoms with Crippen LogP contribution in [0.1, 0.15) is 105 Å². The Bertz CT molecular complexity index is 1850. The van der Waals surface area contributed by atoms with Crippen LogP contribution in [0.4, 0.5) is 0 Å². The number of hydrogen-bond acceptors (Lipinski definition) is 9. The summed E-state index contributed by atoms with van der Waals surface area (Å²) in [4.78, 5) is 65.3. The third kappa shape index (κ3) is 5.06. The Morgan fingerprint density at radius 1 is 1.04 bits per heavy atom. The number of aryl methyl sites for hydroxylation is 1. The lowest BCUT2D eigenvalue weighted by molar-refractivity contribution is -0.159. The van der Waals surface area contributed by atoms with Gasteiger partial charge in [-0.15, -0.1) is 11.8 Å². The predicted octanol–water partition coefficient (Wildman–Crippen LogP) is 5.71. The van der Waals surface area contributed by atoms with E-state index in [0.29, 0.717) is 47.5 Å². The average molecular weight is 702 g/mol. The summed E-state index contributed by atoms with van der Waals surface area (Å²) in [5.74, 6) is -0.101. The van der Waals surface area contributed by atoms with Gasteiger partial charge in [0.25, 0.3) is 5.91 Å². The van der Waals surface area contributed by atoms with Crippen LogP contribution in [0.15, 0.2) is 39.9 Å². The third-order valence-electron chi connectivity index (χ3n) is 12.8. The molecule has 8 unspecified atom stereocenters. The minimum atomic E-state index is -1.07. The summed E-state index contributed by atoms with van der Waals surface area (Å²) >= 11 is 1.35. The first-order valence-corrected chi connectivity index (χ1v) is 18.7. The predicted molar refractivity (Wildman–Crippen MR) is 183 cm³/mol. The number of hydrogen-bond donors (Lipinski definition) is 2. The van der Waals surface area contributed by atoms with E-state index in [4.69, 9.17) is 9.26 Å². The Kier molecular flexibility index (Phi) is 7.85. The molecule has 264 valence electrons. The number of rotatable bonds is 6. The molecule has 2 aromatic rings. The molecule has 8 atom stereocenters. The maximum atomic E-state index is 13.5. The zero-order chi connectivity index (χ0) is 35.3. The Balaban J connectivity index is 0.932. The number of β-lactam (4-membered cyclic amide) rings is 1. The summed E-state index contributed by atoms with van der Waals surface area (Å²) in [6, 6.07) is 4.92. The SMILES string of the molecule is Cc1onc(-c2ccc(C(=O)OC3CCC4C5CCC6=C(CCC(=O)C6)C5CCC34C)cc2)c1C(=O)NC1C(=O)N2C1SC(C)(C)C2C(=O)O. The number of Topliss-reactive ketones (excluding diaryl/α,β-unsaturated/α-hetero) is 1. The van der Waals surface area contributed by atoms with Crippen molar-refractivity contribution in [3.8, 4) is 11.3 Å². The van der Waals surface area contributed by atoms with Crippen molar-refractivity contribution in [2.45, 2.75) is 114 Å². The van der Waals surface area contributed by atoms with Crippen molar-refractivity contribution in [1.82, 2.24) is 15.4 Å². The van der Waals surface area contributed by atoms with Crippen molar-refractivity contribution in [2.24, 2.45) is 23.2 Å². The first kappa shape index (κ1) is 33.2.